The first-order chi connectivity index (χ1) is 18.3. The number of amides is 1. The molecule has 0 spiro atoms. The van der Waals surface area contributed by atoms with E-state index in [4.69, 9.17) is 21.1 Å². The lowest BCUT2D eigenvalue weighted by Crippen LogP contribution is -2.60. The van der Waals surface area contributed by atoms with E-state index < -0.39 is 11.1 Å². The number of aromatic amines is 1. The van der Waals surface area contributed by atoms with Crippen molar-refractivity contribution in [3.63, 3.8) is 0 Å². The van der Waals surface area contributed by atoms with Gasteiger partial charge in [0.1, 0.15) is 5.76 Å². The van der Waals surface area contributed by atoms with Crippen molar-refractivity contribution in [1.82, 2.24) is 10.1 Å². The Morgan fingerprint density at radius 1 is 1.24 bits per heavy atom. The molecule has 1 atom stereocenters. The Morgan fingerprint density at radius 2 is 2.03 bits per heavy atom. The molecule has 10 nitrogen and oxygen atoms in total. The van der Waals surface area contributed by atoms with Crippen LogP contribution in [-0.4, -0.2) is 26.7 Å². The molecule has 2 aromatic heterocycles. The number of fused-ring (bicyclic) bond motifs is 3. The number of nitro groups is 1. The lowest BCUT2D eigenvalue weighted by atomic mass is 10.0. The fraction of sp³-hybridized carbons (Fsp3) is 0.231. The van der Waals surface area contributed by atoms with Crippen molar-refractivity contribution in [2.45, 2.75) is 38.0 Å². The van der Waals surface area contributed by atoms with Gasteiger partial charge in [-0.1, -0.05) is 48.8 Å². The number of non-ortho nitro benzene ring substituents is 1. The minimum atomic E-state index is -0.893. The lowest BCUT2D eigenvalue weighted by molar-refractivity contribution is -0.764. The predicted octanol–water partition coefficient (Wildman–Crippen LogP) is 5.35. The maximum atomic E-state index is 13.4. The van der Waals surface area contributed by atoms with Gasteiger partial charge in [-0.15, -0.1) is 0 Å². The van der Waals surface area contributed by atoms with Crippen molar-refractivity contribution in [3.8, 4) is 22.6 Å². The highest BCUT2D eigenvalue weighted by atomic mass is 35.5. The number of nitrogens with zero attached hydrogens (tertiary/aromatic N) is 4. The molecule has 0 bridgehead atoms. The van der Waals surface area contributed by atoms with Crippen LogP contribution in [0.1, 0.15) is 38.6 Å². The Labute approximate surface area is 226 Å². The standard InChI is InChI=1S/C26H22ClN5O5S/c1-3-4-13-38-26-28-24(34)23-18-7-5-6-8-20(18)30(15(2)33)25(31(23)29-26)22-12-11-21(37-22)17-10-9-16(32(35)36)14-19(17)27/h5-12,14,25H,3-4,13H2,1-2H3/p+1/t25-/m1/s1. The molecule has 4 aromatic rings. The Kier molecular flexibility index (Phi) is 7.04. The third-order valence-corrected chi connectivity index (χ3v) is 7.41. The molecule has 1 aliphatic heterocycles. The number of anilines is 1. The van der Waals surface area contributed by atoms with Gasteiger partial charge in [-0.25, -0.2) is 4.90 Å². The van der Waals surface area contributed by atoms with Gasteiger partial charge >= 0.3 is 17.4 Å². The van der Waals surface area contributed by atoms with Crippen molar-refractivity contribution in [3.05, 3.63) is 85.8 Å². The van der Waals surface area contributed by atoms with Gasteiger partial charge in [-0.05, 0) is 41.4 Å². The van der Waals surface area contributed by atoms with Crippen LogP contribution in [0.2, 0.25) is 5.02 Å². The zero-order chi connectivity index (χ0) is 27.0. The fourth-order valence-electron chi connectivity index (χ4n) is 4.40. The molecule has 0 radical (unpaired) electrons. The lowest BCUT2D eigenvalue weighted by Gasteiger charge is -2.30. The topological polar surface area (TPSA) is 126 Å². The summed E-state index contributed by atoms with van der Waals surface area (Å²) in [5.41, 5.74) is 1.41. The Hall–Kier alpha value is -3.96. The molecule has 38 heavy (non-hydrogen) atoms. The monoisotopic (exact) mass is 552 g/mol. The predicted molar refractivity (Wildman–Crippen MR) is 143 cm³/mol. The van der Waals surface area contributed by atoms with Crippen molar-refractivity contribution in [1.29, 1.82) is 0 Å². The summed E-state index contributed by atoms with van der Waals surface area (Å²) in [7, 11) is 0. The number of hydrogen-bond donors (Lipinski definition) is 1. The van der Waals surface area contributed by atoms with Crippen LogP contribution in [0.15, 0.2) is 69.0 Å². The van der Waals surface area contributed by atoms with Crippen molar-refractivity contribution >= 4 is 40.6 Å². The van der Waals surface area contributed by atoms with Gasteiger partial charge in [0.15, 0.2) is 5.76 Å². The van der Waals surface area contributed by atoms with E-state index in [2.05, 4.69) is 11.9 Å². The summed E-state index contributed by atoms with van der Waals surface area (Å²) < 4.78 is 7.72. The largest absolute Gasteiger partial charge is 0.452 e. The van der Waals surface area contributed by atoms with Gasteiger partial charge in [0.25, 0.3) is 5.69 Å². The van der Waals surface area contributed by atoms with Crippen molar-refractivity contribution in [2.24, 2.45) is 0 Å². The second-order valence-corrected chi connectivity index (χ2v) is 10.1. The van der Waals surface area contributed by atoms with Gasteiger partial charge < -0.3 is 4.42 Å². The first-order valence-electron chi connectivity index (χ1n) is 11.9. The quantitative estimate of drug-likeness (QED) is 0.108. The van der Waals surface area contributed by atoms with Gasteiger partial charge in [-0.2, -0.15) is 0 Å². The number of para-hydroxylation sites is 1. The first kappa shape index (κ1) is 25.7. The highest BCUT2D eigenvalue weighted by molar-refractivity contribution is 7.99. The zero-order valence-electron chi connectivity index (χ0n) is 20.5. The summed E-state index contributed by atoms with van der Waals surface area (Å²) in [6.45, 7) is 3.53. The second-order valence-electron chi connectivity index (χ2n) is 8.66. The number of carbonyl (C=O) groups excluding carboxylic acids is 1. The van der Waals surface area contributed by atoms with Crippen LogP contribution in [0.3, 0.4) is 0 Å². The first-order valence-corrected chi connectivity index (χ1v) is 13.3. The second kappa shape index (κ2) is 10.4. The summed E-state index contributed by atoms with van der Waals surface area (Å²) >= 11 is 7.77. The molecule has 1 aliphatic rings. The molecule has 194 valence electrons. The number of nitrogens with one attached hydrogen (secondary N) is 1. The number of hydrogen-bond acceptors (Lipinski definition) is 7. The van der Waals surface area contributed by atoms with Crippen LogP contribution in [0.4, 0.5) is 11.4 Å². The minimum Gasteiger partial charge on any atom is -0.452 e. The van der Waals surface area contributed by atoms with Gasteiger partial charge in [0.05, 0.1) is 21.2 Å². The van der Waals surface area contributed by atoms with Gasteiger partial charge in [0.2, 0.25) is 11.1 Å². The molecule has 3 heterocycles. The maximum absolute atomic E-state index is 13.4. The molecular formula is C26H23ClN5O5S+. The molecule has 0 fully saturated rings. The number of carbonyl (C=O) groups is 1. The van der Waals surface area contributed by atoms with Crippen molar-refractivity contribution < 1.29 is 18.8 Å². The van der Waals surface area contributed by atoms with Crippen LogP contribution in [0, 0.1) is 10.1 Å². The highest BCUT2D eigenvalue weighted by Crippen LogP contribution is 2.39. The number of furan rings is 1. The SMILES string of the molecule is CCCCSc1n[n+]2c(c(=O)[nH]1)-c1ccccc1N(C(C)=O)[C@H]2c1ccc(-c2ccc([N+](=O)[O-])cc2Cl)o1. The molecule has 0 saturated carbocycles. The number of benzene rings is 2. The Bertz CT molecular complexity index is 1620. The zero-order valence-corrected chi connectivity index (χ0v) is 22.1. The number of thioether (sulfide) groups is 1. The van der Waals surface area contributed by atoms with E-state index in [1.54, 1.807) is 36.4 Å². The highest BCUT2D eigenvalue weighted by Gasteiger charge is 2.46. The molecule has 5 rings (SSSR count). The van der Waals surface area contributed by atoms with E-state index in [1.165, 1.54) is 46.5 Å². The van der Waals surface area contributed by atoms with Gasteiger partial charge in [0, 0.05) is 35.5 Å². The van der Waals surface area contributed by atoms with E-state index in [1.807, 2.05) is 0 Å². The van der Waals surface area contributed by atoms with E-state index in [9.17, 15) is 19.7 Å². The molecule has 0 saturated heterocycles. The number of unbranched alkanes of at least 4 members (excludes halogenated alkanes) is 1. The van der Waals surface area contributed by atoms with Crippen LogP contribution in [0.5, 0.6) is 0 Å². The molecule has 1 N–H and O–H groups in total. The van der Waals surface area contributed by atoms with E-state index >= 15 is 0 Å². The van der Waals surface area contributed by atoms with Crippen LogP contribution < -0.4 is 15.1 Å². The number of H-pyrrole nitrogens is 1. The van der Waals surface area contributed by atoms with Gasteiger partial charge in [-0.3, -0.25) is 24.7 Å². The van der Waals surface area contributed by atoms with Crippen LogP contribution in [0.25, 0.3) is 22.6 Å². The number of aromatic nitrogens is 3. The number of halogens is 1. The number of rotatable bonds is 7. The molecule has 2 aromatic carbocycles. The fourth-order valence-corrected chi connectivity index (χ4v) is 5.61. The number of nitro benzene ring substituents is 1. The molecule has 0 aliphatic carbocycles. The smallest absolute Gasteiger partial charge is 0.325 e. The van der Waals surface area contributed by atoms with Crippen LogP contribution >= 0.6 is 23.4 Å². The molecule has 0 unspecified atom stereocenters. The third-order valence-electron chi connectivity index (χ3n) is 6.14. The third kappa shape index (κ3) is 4.59. The minimum absolute atomic E-state index is 0.141. The summed E-state index contributed by atoms with van der Waals surface area (Å²) in [5.74, 6) is 1.20. The average Bonchev–Trinajstić information content (AvgIpc) is 3.37. The molecule has 1 amide bonds. The van der Waals surface area contributed by atoms with E-state index in [0.29, 0.717) is 39.2 Å². The van der Waals surface area contributed by atoms with Crippen molar-refractivity contribution in [2.75, 3.05) is 10.7 Å². The summed E-state index contributed by atoms with van der Waals surface area (Å²) in [4.78, 5) is 41.4. The Balaban J connectivity index is 1.67. The molecular weight excluding hydrogens is 530 g/mol. The molecule has 12 heteroatoms. The average molecular weight is 553 g/mol. The van der Waals surface area contributed by atoms with E-state index in [0.717, 1.165) is 18.6 Å². The Morgan fingerprint density at radius 3 is 2.74 bits per heavy atom. The normalized spacial score (nSPS) is 14.2. The summed E-state index contributed by atoms with van der Waals surface area (Å²) in [6, 6.07) is 14.6. The summed E-state index contributed by atoms with van der Waals surface area (Å²) in [5, 5.41) is 16.4. The summed E-state index contributed by atoms with van der Waals surface area (Å²) in [6.07, 6.45) is 1.07. The van der Waals surface area contributed by atoms with Crippen LogP contribution in [-0.2, 0) is 4.79 Å². The van der Waals surface area contributed by atoms with E-state index in [-0.39, 0.29) is 22.2 Å². The maximum Gasteiger partial charge on any atom is 0.325 e.